The number of methoxy groups -OCH3 is 1. The number of hydrogen-bond donors (Lipinski definition) is 3. The summed E-state index contributed by atoms with van der Waals surface area (Å²) in [5.74, 6) is 1.26. The van der Waals surface area contributed by atoms with Gasteiger partial charge >= 0.3 is 0 Å². The van der Waals surface area contributed by atoms with E-state index in [1.807, 2.05) is 74.0 Å². The van der Waals surface area contributed by atoms with Crippen molar-refractivity contribution >= 4 is 35.8 Å². The molecule has 2 aromatic carbocycles. The van der Waals surface area contributed by atoms with E-state index >= 15 is 0 Å². The van der Waals surface area contributed by atoms with Crippen LogP contribution < -0.4 is 20.7 Å². The average molecular weight is 576 g/mol. The van der Waals surface area contributed by atoms with Crippen molar-refractivity contribution < 1.29 is 9.53 Å². The molecule has 34 heavy (non-hydrogen) atoms. The number of guanidine groups is 1. The SMILES string of the molecule is CCNC(=NCc1ccccc1-n1nc(C)cc1C)NCC(=O)NCc1ccc(OC)cc1.I. The van der Waals surface area contributed by atoms with Crippen LogP contribution in [0, 0.1) is 13.8 Å². The third-order valence-electron chi connectivity index (χ3n) is 5.05. The second-order valence-corrected chi connectivity index (χ2v) is 7.64. The first kappa shape index (κ1) is 27.2. The van der Waals surface area contributed by atoms with Crippen LogP contribution in [0.3, 0.4) is 0 Å². The van der Waals surface area contributed by atoms with Crippen molar-refractivity contribution in [3.8, 4) is 11.4 Å². The Morgan fingerprint density at radius 2 is 1.79 bits per heavy atom. The molecule has 1 amide bonds. The summed E-state index contributed by atoms with van der Waals surface area (Å²) in [6.07, 6.45) is 0. The van der Waals surface area contributed by atoms with Gasteiger partial charge in [0, 0.05) is 18.8 Å². The molecule has 0 aliphatic rings. The third kappa shape index (κ3) is 7.75. The number of benzene rings is 2. The molecule has 3 N–H and O–H groups in total. The molecule has 1 aromatic heterocycles. The van der Waals surface area contributed by atoms with Gasteiger partial charge in [-0.15, -0.1) is 24.0 Å². The lowest BCUT2D eigenvalue weighted by Crippen LogP contribution is -2.43. The van der Waals surface area contributed by atoms with Gasteiger partial charge in [0.05, 0.1) is 31.6 Å². The van der Waals surface area contributed by atoms with E-state index in [-0.39, 0.29) is 36.4 Å². The van der Waals surface area contributed by atoms with Crippen LogP contribution in [0.15, 0.2) is 59.6 Å². The highest BCUT2D eigenvalue weighted by atomic mass is 127. The van der Waals surface area contributed by atoms with E-state index in [0.29, 0.717) is 25.6 Å². The number of aromatic nitrogens is 2. The minimum atomic E-state index is -0.112. The highest BCUT2D eigenvalue weighted by molar-refractivity contribution is 14.0. The molecule has 0 saturated carbocycles. The van der Waals surface area contributed by atoms with Gasteiger partial charge < -0.3 is 20.7 Å². The van der Waals surface area contributed by atoms with Crippen LogP contribution in [0.1, 0.15) is 29.4 Å². The quantitative estimate of drug-likeness (QED) is 0.206. The Morgan fingerprint density at radius 3 is 2.44 bits per heavy atom. The maximum Gasteiger partial charge on any atom is 0.239 e. The Bertz CT molecular complexity index is 1100. The fourth-order valence-corrected chi connectivity index (χ4v) is 3.40. The molecule has 0 radical (unpaired) electrons. The summed E-state index contributed by atoms with van der Waals surface area (Å²) in [7, 11) is 1.63. The van der Waals surface area contributed by atoms with E-state index in [9.17, 15) is 4.79 Å². The third-order valence-corrected chi connectivity index (χ3v) is 5.05. The normalized spacial score (nSPS) is 10.9. The molecule has 9 heteroatoms. The molecule has 0 bridgehead atoms. The first-order chi connectivity index (χ1) is 16.0. The molecule has 8 nitrogen and oxygen atoms in total. The van der Waals surface area contributed by atoms with Crippen LogP contribution in [-0.4, -0.2) is 41.8 Å². The fraction of sp³-hybridized carbons (Fsp3) is 0.320. The standard InChI is InChI=1S/C25H32N6O2.HI/c1-5-26-25(29-17-24(32)27-15-20-10-12-22(33-4)13-11-20)28-16-21-8-6-7-9-23(21)31-19(3)14-18(2)30-31;/h6-14H,5,15-17H2,1-4H3,(H,27,32)(H2,26,28,29);1H. The number of ether oxygens (including phenoxy) is 1. The molecule has 1 heterocycles. The number of rotatable bonds is 9. The number of halogens is 1. The number of para-hydroxylation sites is 1. The van der Waals surface area contributed by atoms with Crippen LogP contribution >= 0.6 is 24.0 Å². The Kier molecular flexibility index (Phi) is 10.9. The summed E-state index contributed by atoms with van der Waals surface area (Å²) in [5, 5.41) is 13.8. The molecule has 0 aliphatic heterocycles. The van der Waals surface area contributed by atoms with Gasteiger partial charge in [0.25, 0.3) is 0 Å². The maximum atomic E-state index is 12.3. The van der Waals surface area contributed by atoms with Gasteiger partial charge in [-0.25, -0.2) is 9.67 Å². The first-order valence-corrected chi connectivity index (χ1v) is 11.0. The zero-order valence-corrected chi connectivity index (χ0v) is 22.4. The number of aryl methyl sites for hydroxylation is 2. The zero-order chi connectivity index (χ0) is 23.6. The van der Waals surface area contributed by atoms with Crippen molar-refractivity contribution in [1.29, 1.82) is 0 Å². The van der Waals surface area contributed by atoms with E-state index in [1.54, 1.807) is 7.11 Å². The molecule has 0 spiro atoms. The number of amides is 1. The monoisotopic (exact) mass is 576 g/mol. The van der Waals surface area contributed by atoms with E-state index in [4.69, 9.17) is 4.74 Å². The van der Waals surface area contributed by atoms with E-state index < -0.39 is 0 Å². The molecule has 0 atom stereocenters. The molecular weight excluding hydrogens is 543 g/mol. The van der Waals surface area contributed by atoms with Gasteiger partial charge in [-0.05, 0) is 56.2 Å². The zero-order valence-electron chi connectivity index (χ0n) is 20.1. The van der Waals surface area contributed by atoms with Gasteiger partial charge in [0.2, 0.25) is 5.91 Å². The van der Waals surface area contributed by atoms with Crippen molar-refractivity contribution in [3.63, 3.8) is 0 Å². The van der Waals surface area contributed by atoms with Crippen molar-refractivity contribution in [2.75, 3.05) is 20.2 Å². The lowest BCUT2D eigenvalue weighted by molar-refractivity contribution is -0.120. The predicted octanol–water partition coefficient (Wildman–Crippen LogP) is 3.49. The Morgan fingerprint density at radius 1 is 1.06 bits per heavy atom. The second-order valence-electron chi connectivity index (χ2n) is 7.64. The van der Waals surface area contributed by atoms with E-state index in [1.165, 1.54) is 0 Å². The van der Waals surface area contributed by atoms with Crippen molar-refractivity contribution in [1.82, 2.24) is 25.7 Å². The lowest BCUT2D eigenvalue weighted by atomic mass is 10.2. The van der Waals surface area contributed by atoms with Gasteiger partial charge in [0.15, 0.2) is 5.96 Å². The van der Waals surface area contributed by atoms with Crippen molar-refractivity contribution in [3.05, 3.63) is 77.1 Å². The van der Waals surface area contributed by atoms with Crippen LogP contribution in [0.2, 0.25) is 0 Å². The van der Waals surface area contributed by atoms with Crippen molar-refractivity contribution in [2.45, 2.75) is 33.9 Å². The van der Waals surface area contributed by atoms with E-state index in [2.05, 4.69) is 32.1 Å². The minimum Gasteiger partial charge on any atom is -0.497 e. The Balaban J connectivity index is 0.00000408. The number of carbonyl (C=O) groups excluding carboxylic acids is 1. The highest BCUT2D eigenvalue weighted by Gasteiger charge is 2.09. The summed E-state index contributed by atoms with van der Waals surface area (Å²) in [6, 6.07) is 17.7. The molecular formula is C25H33IN6O2. The largest absolute Gasteiger partial charge is 0.497 e. The Labute approximate surface area is 218 Å². The molecule has 0 unspecified atom stereocenters. The number of hydrogen-bond acceptors (Lipinski definition) is 4. The molecule has 0 saturated heterocycles. The lowest BCUT2D eigenvalue weighted by Gasteiger charge is -2.13. The first-order valence-electron chi connectivity index (χ1n) is 11.0. The van der Waals surface area contributed by atoms with Crippen LogP contribution in [-0.2, 0) is 17.9 Å². The minimum absolute atomic E-state index is 0. The number of nitrogens with one attached hydrogen (secondary N) is 3. The van der Waals surface area contributed by atoms with Gasteiger partial charge in [-0.1, -0.05) is 30.3 Å². The molecule has 3 rings (SSSR count). The number of carbonyl (C=O) groups is 1. The molecule has 182 valence electrons. The summed E-state index contributed by atoms with van der Waals surface area (Å²) in [6.45, 7) is 7.74. The van der Waals surface area contributed by atoms with Crippen LogP contribution in [0.4, 0.5) is 0 Å². The maximum absolute atomic E-state index is 12.3. The molecule has 3 aromatic rings. The van der Waals surface area contributed by atoms with Crippen LogP contribution in [0.25, 0.3) is 5.69 Å². The average Bonchev–Trinajstić information content (AvgIpc) is 3.17. The molecule has 0 aliphatic carbocycles. The predicted molar refractivity (Wildman–Crippen MR) is 146 cm³/mol. The van der Waals surface area contributed by atoms with Gasteiger partial charge in [-0.3, -0.25) is 4.79 Å². The topological polar surface area (TPSA) is 92.6 Å². The summed E-state index contributed by atoms with van der Waals surface area (Å²) in [5.41, 5.74) is 5.10. The van der Waals surface area contributed by atoms with E-state index in [0.717, 1.165) is 34.0 Å². The molecule has 0 fully saturated rings. The highest BCUT2D eigenvalue weighted by Crippen LogP contribution is 2.17. The summed E-state index contributed by atoms with van der Waals surface area (Å²) < 4.78 is 7.09. The number of nitrogens with zero attached hydrogens (tertiary/aromatic N) is 3. The number of aliphatic imine (C=N–C) groups is 1. The van der Waals surface area contributed by atoms with Gasteiger partial charge in [0.1, 0.15) is 5.75 Å². The summed E-state index contributed by atoms with van der Waals surface area (Å²) in [4.78, 5) is 17.0. The van der Waals surface area contributed by atoms with Crippen molar-refractivity contribution in [2.24, 2.45) is 4.99 Å². The second kappa shape index (κ2) is 13.6. The smallest absolute Gasteiger partial charge is 0.239 e. The van der Waals surface area contributed by atoms with Crippen LogP contribution in [0.5, 0.6) is 5.75 Å². The van der Waals surface area contributed by atoms with Gasteiger partial charge in [-0.2, -0.15) is 5.10 Å². The fourth-order valence-electron chi connectivity index (χ4n) is 3.40. The Hall–Kier alpha value is -3.08. The summed E-state index contributed by atoms with van der Waals surface area (Å²) >= 11 is 0.